The van der Waals surface area contributed by atoms with Crippen molar-refractivity contribution < 1.29 is 19.4 Å². The Morgan fingerprint density at radius 2 is 2.16 bits per heavy atom. The van der Waals surface area contributed by atoms with Crippen molar-refractivity contribution in [3.63, 3.8) is 0 Å². The number of carboxylic acids is 1. The van der Waals surface area contributed by atoms with Gasteiger partial charge in [-0.25, -0.2) is 4.98 Å². The average Bonchev–Trinajstić information content (AvgIpc) is 2.82. The molecule has 1 aromatic heterocycles. The number of rotatable bonds is 7. The van der Waals surface area contributed by atoms with E-state index >= 15 is 0 Å². The summed E-state index contributed by atoms with van der Waals surface area (Å²) in [6.45, 7) is 3.84. The monoisotopic (exact) mass is 270 g/mol. The van der Waals surface area contributed by atoms with E-state index in [-0.39, 0.29) is 24.9 Å². The molecule has 0 aliphatic rings. The molecule has 0 aliphatic carbocycles. The van der Waals surface area contributed by atoms with Crippen molar-refractivity contribution in [1.82, 2.24) is 20.1 Å². The van der Waals surface area contributed by atoms with E-state index in [4.69, 9.17) is 9.84 Å². The van der Waals surface area contributed by atoms with Crippen LogP contribution in [0.4, 0.5) is 0 Å². The molecule has 8 nitrogen and oxygen atoms in total. The second-order valence-corrected chi connectivity index (χ2v) is 4.31. The van der Waals surface area contributed by atoms with Gasteiger partial charge < -0.3 is 14.7 Å². The Morgan fingerprint density at radius 1 is 1.47 bits per heavy atom. The fraction of sp³-hybridized carbons (Fsp3) is 0.636. The minimum atomic E-state index is -1.09. The molecule has 0 saturated carbocycles. The van der Waals surface area contributed by atoms with E-state index in [0.29, 0.717) is 5.82 Å². The van der Waals surface area contributed by atoms with E-state index in [1.165, 1.54) is 7.11 Å². The Hall–Kier alpha value is -1.96. The number of nitrogens with one attached hydrogen (secondary N) is 1. The normalized spacial score (nSPS) is 10.7. The first-order valence-electron chi connectivity index (χ1n) is 5.88. The fourth-order valence-corrected chi connectivity index (χ4v) is 1.39. The van der Waals surface area contributed by atoms with Crippen molar-refractivity contribution in [2.45, 2.75) is 19.8 Å². The second-order valence-electron chi connectivity index (χ2n) is 4.31. The number of methoxy groups -OCH3 is 1. The van der Waals surface area contributed by atoms with Crippen LogP contribution in [0.3, 0.4) is 0 Å². The van der Waals surface area contributed by atoms with Gasteiger partial charge in [0.05, 0.1) is 6.61 Å². The van der Waals surface area contributed by atoms with Crippen LogP contribution >= 0.6 is 0 Å². The minimum Gasteiger partial charge on any atom is -0.480 e. The molecule has 1 amide bonds. The van der Waals surface area contributed by atoms with E-state index in [2.05, 4.69) is 15.2 Å². The maximum Gasteiger partial charge on any atom is 0.323 e. The highest BCUT2D eigenvalue weighted by atomic mass is 16.5. The van der Waals surface area contributed by atoms with Gasteiger partial charge in [0.15, 0.2) is 0 Å². The van der Waals surface area contributed by atoms with Crippen LogP contribution in [-0.4, -0.2) is 63.9 Å². The molecule has 0 bridgehead atoms. The summed E-state index contributed by atoms with van der Waals surface area (Å²) >= 11 is 0. The van der Waals surface area contributed by atoms with Gasteiger partial charge >= 0.3 is 5.97 Å². The van der Waals surface area contributed by atoms with Crippen LogP contribution in [0.15, 0.2) is 0 Å². The molecule has 1 rings (SSSR count). The number of aromatic nitrogens is 3. The quantitative estimate of drug-likeness (QED) is 0.727. The molecular formula is C11H18N4O4. The van der Waals surface area contributed by atoms with Crippen molar-refractivity contribution in [2.24, 2.45) is 0 Å². The number of ether oxygens (including phenoxy) is 1. The predicted octanol–water partition coefficient (Wildman–Crippen LogP) is 0.101. The largest absolute Gasteiger partial charge is 0.480 e. The molecule has 19 heavy (non-hydrogen) atoms. The van der Waals surface area contributed by atoms with Gasteiger partial charge in [0, 0.05) is 19.6 Å². The standard InChI is InChI=1S/C11H18N4O4/c1-7(2)9-12-10(14-13-9)11(18)15(4-5-19-3)6-8(16)17/h7H,4-6H2,1-3H3,(H,16,17)(H,12,13,14). The van der Waals surface area contributed by atoms with E-state index in [9.17, 15) is 9.59 Å². The Balaban J connectivity index is 2.81. The summed E-state index contributed by atoms with van der Waals surface area (Å²) in [7, 11) is 1.48. The molecular weight excluding hydrogens is 252 g/mol. The Morgan fingerprint density at radius 3 is 2.63 bits per heavy atom. The first-order valence-corrected chi connectivity index (χ1v) is 5.88. The number of hydrogen-bond donors (Lipinski definition) is 2. The van der Waals surface area contributed by atoms with Crippen LogP contribution in [0.2, 0.25) is 0 Å². The molecule has 0 saturated heterocycles. The van der Waals surface area contributed by atoms with E-state index in [1.54, 1.807) is 0 Å². The predicted molar refractivity (Wildman–Crippen MR) is 65.9 cm³/mol. The third-order valence-corrected chi connectivity index (χ3v) is 2.42. The molecule has 0 spiro atoms. The summed E-state index contributed by atoms with van der Waals surface area (Å²) < 4.78 is 4.85. The van der Waals surface area contributed by atoms with Crippen molar-refractivity contribution in [3.8, 4) is 0 Å². The van der Waals surface area contributed by atoms with E-state index in [0.717, 1.165) is 4.90 Å². The van der Waals surface area contributed by atoms with Crippen LogP contribution in [-0.2, 0) is 9.53 Å². The van der Waals surface area contributed by atoms with Crippen LogP contribution in [0.1, 0.15) is 36.2 Å². The van der Waals surface area contributed by atoms with Crippen LogP contribution in [0.25, 0.3) is 0 Å². The van der Waals surface area contributed by atoms with Gasteiger partial charge in [0.25, 0.3) is 5.91 Å². The first kappa shape index (κ1) is 15.1. The van der Waals surface area contributed by atoms with Crippen molar-refractivity contribution in [2.75, 3.05) is 26.8 Å². The maximum atomic E-state index is 12.1. The molecule has 2 N–H and O–H groups in total. The van der Waals surface area contributed by atoms with Gasteiger partial charge in [-0.15, -0.1) is 5.10 Å². The zero-order chi connectivity index (χ0) is 14.4. The second kappa shape index (κ2) is 6.83. The first-order chi connectivity index (χ1) is 8.95. The molecule has 0 aromatic carbocycles. The number of aromatic amines is 1. The Kier molecular flexibility index (Phi) is 5.43. The van der Waals surface area contributed by atoms with E-state index in [1.807, 2.05) is 13.8 Å². The number of nitrogens with zero attached hydrogens (tertiary/aromatic N) is 3. The number of H-pyrrole nitrogens is 1. The Labute approximate surface area is 110 Å². The van der Waals surface area contributed by atoms with Gasteiger partial charge in [-0.1, -0.05) is 13.8 Å². The number of carbonyl (C=O) groups excluding carboxylic acids is 1. The van der Waals surface area contributed by atoms with Gasteiger partial charge in [0.1, 0.15) is 12.4 Å². The molecule has 0 fully saturated rings. The molecule has 0 aliphatic heterocycles. The molecule has 106 valence electrons. The lowest BCUT2D eigenvalue weighted by atomic mass is 10.2. The highest BCUT2D eigenvalue weighted by molar-refractivity contribution is 5.92. The fourth-order valence-electron chi connectivity index (χ4n) is 1.39. The number of aliphatic carboxylic acids is 1. The number of carboxylic acid groups (broad SMARTS) is 1. The third-order valence-electron chi connectivity index (χ3n) is 2.42. The van der Waals surface area contributed by atoms with Crippen LogP contribution in [0.5, 0.6) is 0 Å². The van der Waals surface area contributed by atoms with E-state index < -0.39 is 18.4 Å². The lowest BCUT2D eigenvalue weighted by Crippen LogP contribution is -2.38. The number of amides is 1. The molecule has 1 heterocycles. The lowest BCUT2D eigenvalue weighted by molar-refractivity contribution is -0.137. The molecule has 1 aromatic rings. The summed E-state index contributed by atoms with van der Waals surface area (Å²) in [5, 5.41) is 15.3. The molecule has 0 unspecified atom stereocenters. The van der Waals surface area contributed by atoms with Gasteiger partial charge in [-0.3, -0.25) is 14.7 Å². The highest BCUT2D eigenvalue weighted by Gasteiger charge is 2.22. The summed E-state index contributed by atoms with van der Waals surface area (Å²) in [5.41, 5.74) is 0. The average molecular weight is 270 g/mol. The summed E-state index contributed by atoms with van der Waals surface area (Å²) in [6.07, 6.45) is 0. The minimum absolute atomic E-state index is 0.0268. The van der Waals surface area contributed by atoms with Crippen LogP contribution < -0.4 is 0 Å². The summed E-state index contributed by atoms with van der Waals surface area (Å²) in [6, 6.07) is 0. The van der Waals surface area contributed by atoms with Crippen molar-refractivity contribution >= 4 is 11.9 Å². The zero-order valence-electron chi connectivity index (χ0n) is 11.2. The molecule has 8 heteroatoms. The number of hydrogen-bond acceptors (Lipinski definition) is 5. The van der Waals surface area contributed by atoms with Gasteiger partial charge in [0.2, 0.25) is 5.82 Å². The van der Waals surface area contributed by atoms with Crippen LogP contribution in [0, 0.1) is 0 Å². The number of carbonyl (C=O) groups is 2. The lowest BCUT2D eigenvalue weighted by Gasteiger charge is -2.18. The molecule has 0 radical (unpaired) electrons. The molecule has 0 atom stereocenters. The zero-order valence-corrected chi connectivity index (χ0v) is 11.2. The highest BCUT2D eigenvalue weighted by Crippen LogP contribution is 2.09. The van der Waals surface area contributed by atoms with Crippen molar-refractivity contribution in [1.29, 1.82) is 0 Å². The van der Waals surface area contributed by atoms with Gasteiger partial charge in [-0.2, -0.15) is 0 Å². The smallest absolute Gasteiger partial charge is 0.323 e. The Bertz CT molecular complexity index is 444. The van der Waals surface area contributed by atoms with Gasteiger partial charge in [-0.05, 0) is 0 Å². The topological polar surface area (TPSA) is 108 Å². The van der Waals surface area contributed by atoms with Crippen molar-refractivity contribution in [3.05, 3.63) is 11.6 Å². The summed E-state index contributed by atoms with van der Waals surface area (Å²) in [4.78, 5) is 28.0. The summed E-state index contributed by atoms with van der Waals surface area (Å²) in [5.74, 6) is -0.945. The SMILES string of the molecule is COCCN(CC(=O)O)C(=O)c1n[nH]c(C(C)C)n1. The maximum absolute atomic E-state index is 12.1. The third kappa shape index (κ3) is 4.32.